The Hall–Kier alpha value is -1.97. The third-order valence-electron chi connectivity index (χ3n) is 3.71. The quantitative estimate of drug-likeness (QED) is 0.893. The summed E-state index contributed by atoms with van der Waals surface area (Å²) in [6.45, 7) is 13.1. The van der Waals surface area contributed by atoms with Crippen molar-refractivity contribution in [1.29, 1.82) is 0 Å². The second kappa shape index (κ2) is 9.23. The van der Waals surface area contributed by atoms with E-state index in [4.69, 9.17) is 4.74 Å². The summed E-state index contributed by atoms with van der Waals surface area (Å²) in [5.41, 5.74) is 4.95. The van der Waals surface area contributed by atoms with Crippen molar-refractivity contribution in [1.82, 2.24) is 10.3 Å². The molecular formula is C19H30N2O2. The number of carbonyl (C=O) groups is 1. The van der Waals surface area contributed by atoms with Crippen molar-refractivity contribution < 1.29 is 9.53 Å². The lowest BCUT2D eigenvalue weighted by molar-refractivity contribution is -0.118. The largest absolute Gasteiger partial charge is 0.493 e. The van der Waals surface area contributed by atoms with Crippen LogP contribution in [0.2, 0.25) is 0 Å². The molecule has 4 heteroatoms. The molecule has 1 aromatic heterocycles. The molecule has 3 rings (SSSR count). The molecule has 1 aliphatic rings. The first kappa shape index (κ1) is 19.1. The summed E-state index contributed by atoms with van der Waals surface area (Å²) in [6, 6.07) is 4.12. The molecule has 4 nitrogen and oxygen atoms in total. The Kier molecular flexibility index (Phi) is 7.66. The molecule has 0 saturated heterocycles. The van der Waals surface area contributed by atoms with Gasteiger partial charge >= 0.3 is 0 Å². The first-order valence-corrected chi connectivity index (χ1v) is 8.67. The van der Waals surface area contributed by atoms with E-state index < -0.39 is 0 Å². The van der Waals surface area contributed by atoms with Crippen molar-refractivity contribution in [3.8, 4) is 5.75 Å². The number of aromatic nitrogens is 1. The van der Waals surface area contributed by atoms with Crippen LogP contribution in [0.15, 0.2) is 12.1 Å². The lowest BCUT2D eigenvalue weighted by atomic mass is 10.0. The lowest BCUT2D eigenvalue weighted by Gasteiger charge is -2.05. The van der Waals surface area contributed by atoms with Crippen molar-refractivity contribution in [2.45, 2.75) is 54.4 Å². The van der Waals surface area contributed by atoms with Crippen molar-refractivity contribution in [2.24, 2.45) is 0 Å². The molecule has 2 aromatic rings. The van der Waals surface area contributed by atoms with Gasteiger partial charge in [-0.15, -0.1) is 0 Å². The van der Waals surface area contributed by atoms with Gasteiger partial charge in [0, 0.05) is 42.0 Å². The molecule has 0 atom stereocenters. The molecule has 0 saturated carbocycles. The molecule has 1 aliphatic heterocycles. The number of rotatable bonds is 3. The van der Waals surface area contributed by atoms with Crippen LogP contribution in [0.1, 0.15) is 51.4 Å². The second-order valence-electron chi connectivity index (χ2n) is 5.02. The predicted octanol–water partition coefficient (Wildman–Crippen LogP) is 4.14. The predicted molar refractivity (Wildman–Crippen MR) is 97.3 cm³/mol. The second-order valence-corrected chi connectivity index (χ2v) is 5.02. The van der Waals surface area contributed by atoms with Crippen LogP contribution < -0.4 is 10.1 Å². The molecule has 0 fully saturated rings. The van der Waals surface area contributed by atoms with E-state index in [1.54, 1.807) is 6.92 Å². The van der Waals surface area contributed by atoms with Gasteiger partial charge in [-0.2, -0.15) is 0 Å². The average molecular weight is 318 g/mol. The summed E-state index contributed by atoms with van der Waals surface area (Å²) in [4.78, 5) is 14.4. The van der Waals surface area contributed by atoms with E-state index in [0.717, 1.165) is 25.2 Å². The average Bonchev–Trinajstić information content (AvgIpc) is 3.15. The lowest BCUT2D eigenvalue weighted by Crippen LogP contribution is -2.22. The fraction of sp³-hybridized carbons (Fsp3) is 0.526. The van der Waals surface area contributed by atoms with Gasteiger partial charge in [-0.25, -0.2) is 0 Å². The van der Waals surface area contributed by atoms with Crippen molar-refractivity contribution in [2.75, 3.05) is 13.2 Å². The maximum atomic E-state index is 11.0. The van der Waals surface area contributed by atoms with Gasteiger partial charge in [0.1, 0.15) is 5.75 Å². The summed E-state index contributed by atoms with van der Waals surface area (Å²) in [5, 5.41) is 4.15. The van der Waals surface area contributed by atoms with E-state index in [2.05, 4.69) is 23.3 Å². The Morgan fingerprint density at radius 3 is 2.61 bits per heavy atom. The fourth-order valence-electron chi connectivity index (χ4n) is 2.87. The highest BCUT2D eigenvalue weighted by atomic mass is 16.5. The number of ether oxygens (including phenoxy) is 1. The normalized spacial score (nSPS) is 11.6. The zero-order chi connectivity index (χ0) is 17.4. The van der Waals surface area contributed by atoms with Crippen LogP contribution in [0.5, 0.6) is 5.75 Å². The van der Waals surface area contributed by atoms with Gasteiger partial charge in [0.05, 0.1) is 6.61 Å². The van der Waals surface area contributed by atoms with E-state index in [1.165, 1.54) is 27.7 Å². The zero-order valence-electron chi connectivity index (χ0n) is 15.3. The summed E-state index contributed by atoms with van der Waals surface area (Å²) in [6.07, 6.45) is 1.82. The van der Waals surface area contributed by atoms with Crippen molar-refractivity contribution in [3.05, 3.63) is 29.0 Å². The van der Waals surface area contributed by atoms with Crippen LogP contribution in [-0.2, 0) is 17.6 Å². The summed E-state index contributed by atoms with van der Waals surface area (Å²) in [5.74, 6) is 1.03. The number of hydrogen-bond donors (Lipinski definition) is 2. The number of H-pyrrole nitrogens is 1. The molecule has 1 aromatic carbocycles. The van der Waals surface area contributed by atoms with Gasteiger partial charge < -0.3 is 15.0 Å². The highest BCUT2D eigenvalue weighted by molar-refractivity contribution is 5.90. The number of fused-ring (bicyclic) bond motifs is 3. The number of amides is 1. The van der Waals surface area contributed by atoms with Crippen LogP contribution in [0.3, 0.4) is 0 Å². The highest BCUT2D eigenvalue weighted by Gasteiger charge is 2.19. The molecule has 23 heavy (non-hydrogen) atoms. The monoisotopic (exact) mass is 318 g/mol. The first-order chi connectivity index (χ1) is 11.2. The SMILES string of the molecule is CC.CC.CC(=O)NCCc1c(C)[nH]c2ccc3c(c12)CCO3. The standard InChI is InChI=1S/C15H18N2O2.2C2H6/c1-9-11(5-7-16-10(2)18)15-12-6-8-19-14(12)4-3-13(15)17-9;2*1-2/h3-4,17H,5-8H2,1-2H3,(H,16,18);2*1-2H3. The summed E-state index contributed by atoms with van der Waals surface area (Å²) < 4.78 is 5.63. The van der Waals surface area contributed by atoms with E-state index in [-0.39, 0.29) is 5.91 Å². The third kappa shape index (κ3) is 4.27. The molecule has 2 N–H and O–H groups in total. The van der Waals surface area contributed by atoms with Crippen molar-refractivity contribution in [3.63, 3.8) is 0 Å². The smallest absolute Gasteiger partial charge is 0.216 e. The third-order valence-corrected chi connectivity index (χ3v) is 3.71. The number of nitrogens with one attached hydrogen (secondary N) is 2. The summed E-state index contributed by atoms with van der Waals surface area (Å²) >= 11 is 0. The molecule has 2 heterocycles. The van der Waals surface area contributed by atoms with E-state index in [0.29, 0.717) is 6.54 Å². The maximum absolute atomic E-state index is 11.0. The summed E-state index contributed by atoms with van der Waals surface area (Å²) in [7, 11) is 0. The van der Waals surface area contributed by atoms with Gasteiger partial charge in [0.15, 0.2) is 0 Å². The molecule has 0 spiro atoms. The van der Waals surface area contributed by atoms with Crippen LogP contribution >= 0.6 is 0 Å². The Balaban J connectivity index is 0.000000615. The van der Waals surface area contributed by atoms with Crippen LogP contribution in [0.25, 0.3) is 10.9 Å². The Morgan fingerprint density at radius 1 is 1.26 bits per heavy atom. The highest BCUT2D eigenvalue weighted by Crippen LogP contribution is 2.35. The molecule has 0 unspecified atom stereocenters. The van der Waals surface area contributed by atoms with Gasteiger partial charge in [0.25, 0.3) is 0 Å². The zero-order valence-corrected chi connectivity index (χ0v) is 15.3. The fourth-order valence-corrected chi connectivity index (χ4v) is 2.87. The topological polar surface area (TPSA) is 54.1 Å². The van der Waals surface area contributed by atoms with E-state index >= 15 is 0 Å². The Bertz CT molecular complexity index is 644. The minimum absolute atomic E-state index is 0.0195. The maximum Gasteiger partial charge on any atom is 0.216 e. The number of aromatic amines is 1. The van der Waals surface area contributed by atoms with E-state index in [9.17, 15) is 4.79 Å². The molecule has 0 radical (unpaired) electrons. The van der Waals surface area contributed by atoms with Crippen LogP contribution in [0, 0.1) is 6.92 Å². The van der Waals surface area contributed by atoms with Gasteiger partial charge in [-0.05, 0) is 31.0 Å². The van der Waals surface area contributed by atoms with Crippen LogP contribution in [-0.4, -0.2) is 24.0 Å². The number of benzene rings is 1. The Morgan fingerprint density at radius 2 is 1.96 bits per heavy atom. The van der Waals surface area contributed by atoms with Gasteiger partial charge in [-0.3, -0.25) is 4.79 Å². The van der Waals surface area contributed by atoms with E-state index in [1.807, 2.05) is 33.8 Å². The van der Waals surface area contributed by atoms with Crippen molar-refractivity contribution >= 4 is 16.8 Å². The van der Waals surface area contributed by atoms with Gasteiger partial charge in [0.2, 0.25) is 5.91 Å². The molecule has 128 valence electrons. The Labute approximate surface area is 139 Å². The van der Waals surface area contributed by atoms with Gasteiger partial charge in [-0.1, -0.05) is 27.7 Å². The number of aryl methyl sites for hydroxylation is 1. The molecular weight excluding hydrogens is 288 g/mol. The molecule has 0 bridgehead atoms. The van der Waals surface area contributed by atoms with Crippen LogP contribution in [0.4, 0.5) is 0 Å². The first-order valence-electron chi connectivity index (χ1n) is 8.67. The molecule has 0 aliphatic carbocycles. The minimum atomic E-state index is 0.0195. The number of carbonyl (C=O) groups excluding carboxylic acids is 1. The number of hydrogen-bond acceptors (Lipinski definition) is 2. The minimum Gasteiger partial charge on any atom is -0.493 e. The molecule has 1 amide bonds.